The Labute approximate surface area is 409 Å². The number of amides is 1. The molecule has 1 saturated carbocycles. The number of rotatable bonds is 24. The largest absolute Gasteiger partial charge is 0.490 e. The molecule has 3 aliphatic rings. The number of benzene rings is 1. The molecule has 1 aliphatic carbocycles. The molecule has 0 spiro atoms. The van der Waals surface area contributed by atoms with E-state index in [1.165, 1.54) is 6.42 Å². The predicted octanol–water partition coefficient (Wildman–Crippen LogP) is 5.61. The van der Waals surface area contributed by atoms with Gasteiger partial charge in [-0.15, -0.1) is 0 Å². The predicted molar refractivity (Wildman–Crippen MR) is 264 cm³/mol. The monoisotopic (exact) mass is 969 g/mol. The lowest BCUT2D eigenvalue weighted by Crippen LogP contribution is -2.41. The Hall–Kier alpha value is -5.84. The van der Waals surface area contributed by atoms with E-state index in [2.05, 4.69) is 43.5 Å². The molecular formula is C50H68ClN11O7. The summed E-state index contributed by atoms with van der Waals surface area (Å²) in [6.07, 6.45) is 16.7. The number of fused-ring (bicyclic) bond motifs is 1. The Morgan fingerprint density at radius 3 is 2.43 bits per heavy atom. The van der Waals surface area contributed by atoms with Crippen LogP contribution in [0.3, 0.4) is 0 Å². The Morgan fingerprint density at radius 1 is 0.928 bits per heavy atom. The van der Waals surface area contributed by atoms with Crippen LogP contribution in [0, 0.1) is 11.3 Å². The van der Waals surface area contributed by atoms with Crippen LogP contribution in [0.2, 0.25) is 5.02 Å². The molecule has 3 aromatic heterocycles. The van der Waals surface area contributed by atoms with Gasteiger partial charge in [0.25, 0.3) is 5.91 Å². The van der Waals surface area contributed by atoms with Gasteiger partial charge in [-0.25, -0.2) is 9.97 Å². The number of ether oxygens (including phenoxy) is 5. The maximum absolute atomic E-state index is 12.8. The van der Waals surface area contributed by atoms with Gasteiger partial charge in [-0.05, 0) is 100 Å². The zero-order valence-corrected chi connectivity index (χ0v) is 40.5. The molecule has 0 radical (unpaired) electrons. The molecule has 0 unspecified atom stereocenters. The lowest BCUT2D eigenvalue weighted by atomic mass is 9.93. The molecule has 1 amide bonds. The normalized spacial score (nSPS) is 19.4. The molecule has 18 nitrogen and oxygen atoms in total. The Morgan fingerprint density at radius 2 is 1.71 bits per heavy atom. The number of halogens is 1. The number of aromatic nitrogens is 4. The van der Waals surface area contributed by atoms with Crippen molar-refractivity contribution in [2.45, 2.75) is 108 Å². The number of nitriles is 1. The fourth-order valence-electron chi connectivity index (χ4n) is 8.95. The van der Waals surface area contributed by atoms with E-state index in [4.69, 9.17) is 57.0 Å². The van der Waals surface area contributed by atoms with Crippen molar-refractivity contribution in [2.75, 3.05) is 76.1 Å². The van der Waals surface area contributed by atoms with Crippen molar-refractivity contribution in [1.29, 1.82) is 5.26 Å². The van der Waals surface area contributed by atoms with E-state index in [1.807, 2.05) is 28.9 Å². The summed E-state index contributed by atoms with van der Waals surface area (Å²) in [6, 6.07) is 13.3. The maximum atomic E-state index is 12.8. The van der Waals surface area contributed by atoms with Crippen molar-refractivity contribution in [3.8, 4) is 17.7 Å². The lowest BCUT2D eigenvalue weighted by molar-refractivity contribution is -0.118. The number of aliphatic hydroxyl groups excluding tert-OH is 1. The second-order valence-corrected chi connectivity index (χ2v) is 18.0. The van der Waals surface area contributed by atoms with Crippen LogP contribution in [-0.4, -0.2) is 126 Å². The number of pyridine rings is 1. The number of aliphatic hydroxyl groups is 1. The van der Waals surface area contributed by atoms with Gasteiger partial charge in [0.2, 0.25) is 5.88 Å². The Balaban J connectivity index is 0.710. The quantitative estimate of drug-likeness (QED) is 0.0326. The van der Waals surface area contributed by atoms with Crippen LogP contribution in [0.5, 0.6) is 11.6 Å². The van der Waals surface area contributed by atoms with E-state index in [0.717, 1.165) is 112 Å². The van der Waals surface area contributed by atoms with Gasteiger partial charge in [-0.1, -0.05) is 24.6 Å². The van der Waals surface area contributed by atoms with Gasteiger partial charge in [0.05, 0.1) is 73.5 Å². The number of piperidine rings is 2. The van der Waals surface area contributed by atoms with Gasteiger partial charge in [0, 0.05) is 74.8 Å². The zero-order valence-electron chi connectivity index (χ0n) is 39.7. The first-order chi connectivity index (χ1) is 33.7. The number of likely N-dealkylation sites (tertiary alicyclic amines) is 1. The molecule has 5 heterocycles. The third-order valence-electron chi connectivity index (χ3n) is 12.9. The van der Waals surface area contributed by atoms with Crippen LogP contribution >= 0.6 is 11.6 Å². The van der Waals surface area contributed by atoms with Gasteiger partial charge >= 0.3 is 0 Å². The van der Waals surface area contributed by atoms with Crippen molar-refractivity contribution < 1.29 is 33.6 Å². The molecule has 1 aromatic carbocycles. The minimum atomic E-state index is -0.320. The minimum Gasteiger partial charge on any atom is -0.490 e. The Bertz CT molecular complexity index is 2360. The average molecular weight is 971 g/mol. The summed E-state index contributed by atoms with van der Waals surface area (Å²) in [5, 5.41) is 30.4. The number of carbonyl (C=O) groups is 1. The topological polar surface area (TPSA) is 233 Å². The molecule has 2 aliphatic heterocycles. The minimum absolute atomic E-state index is 0.0000881. The highest BCUT2D eigenvalue weighted by Gasteiger charge is 2.27. The standard InChI is InChI=1S/C50H68ClN11O7/c1-2-36-34-57-62-46(30-47(59-49(36)62)61-19-4-3-5-39(61)18-22-63)55-32-35-6-15-48(56-33-35)68-28-26-66-24-23-65-25-27-67-40-16-20-60(21-17-40)45(54)14-13-44(53)50(64)58-38-8-11-41(12-9-38)69-42-10-7-37(31-52)43(51)29-42/h6-7,10,13-15,29-30,33-34,38-41,55,63H,2-5,8-9,11-12,16-28,32,53-54H2,1H3,(H,58,64)/b44-13-,45-14+/t38-,39-,41-/m0/s1. The molecule has 2 saturated heterocycles. The third-order valence-corrected chi connectivity index (χ3v) is 13.2. The fourth-order valence-corrected chi connectivity index (χ4v) is 9.16. The molecule has 7 N–H and O–H groups in total. The first kappa shape index (κ1) is 51.0. The van der Waals surface area contributed by atoms with Crippen LogP contribution in [0.1, 0.15) is 87.8 Å². The highest BCUT2D eigenvalue weighted by Crippen LogP contribution is 2.30. The highest BCUT2D eigenvalue weighted by atomic mass is 35.5. The van der Waals surface area contributed by atoms with Crippen LogP contribution in [-0.2, 0) is 32.0 Å². The number of nitrogens with zero attached hydrogens (tertiary/aromatic N) is 7. The molecule has 19 heteroatoms. The van der Waals surface area contributed by atoms with Crippen molar-refractivity contribution >= 4 is 34.8 Å². The summed E-state index contributed by atoms with van der Waals surface area (Å²) in [7, 11) is 0. The van der Waals surface area contributed by atoms with E-state index in [1.54, 1.807) is 36.5 Å². The number of hydrogen-bond acceptors (Lipinski definition) is 16. The van der Waals surface area contributed by atoms with Gasteiger partial charge in [-0.2, -0.15) is 14.9 Å². The molecule has 3 fully saturated rings. The van der Waals surface area contributed by atoms with Gasteiger partial charge in [-0.3, -0.25) is 4.79 Å². The highest BCUT2D eigenvalue weighted by molar-refractivity contribution is 6.31. The lowest BCUT2D eigenvalue weighted by Gasteiger charge is -2.36. The van der Waals surface area contributed by atoms with E-state index in [-0.39, 0.29) is 42.5 Å². The van der Waals surface area contributed by atoms with Crippen LogP contribution in [0.25, 0.3) is 5.65 Å². The molecule has 0 bridgehead atoms. The van der Waals surface area contributed by atoms with Crippen molar-refractivity contribution in [3.63, 3.8) is 0 Å². The maximum Gasteiger partial charge on any atom is 0.267 e. The smallest absolute Gasteiger partial charge is 0.267 e. The summed E-state index contributed by atoms with van der Waals surface area (Å²) < 4.78 is 31.2. The summed E-state index contributed by atoms with van der Waals surface area (Å²) >= 11 is 6.14. The van der Waals surface area contributed by atoms with E-state index in [0.29, 0.717) is 74.2 Å². The molecule has 4 aromatic rings. The fraction of sp³-hybridized carbons (Fsp3) is 0.540. The number of hydrogen-bond donors (Lipinski definition) is 5. The van der Waals surface area contributed by atoms with Crippen LogP contribution in [0.4, 0.5) is 11.6 Å². The van der Waals surface area contributed by atoms with E-state index >= 15 is 0 Å². The van der Waals surface area contributed by atoms with Crippen molar-refractivity contribution in [3.05, 3.63) is 94.2 Å². The second kappa shape index (κ2) is 26.2. The van der Waals surface area contributed by atoms with Gasteiger partial charge < -0.3 is 60.7 Å². The van der Waals surface area contributed by atoms with Crippen LogP contribution in [0.15, 0.2) is 72.5 Å². The Kier molecular flexibility index (Phi) is 19.4. The molecule has 69 heavy (non-hydrogen) atoms. The number of nitrogens with one attached hydrogen (secondary N) is 2. The summed E-state index contributed by atoms with van der Waals surface area (Å²) in [4.78, 5) is 26.8. The summed E-state index contributed by atoms with van der Waals surface area (Å²) in [5.41, 5.74) is 15.9. The zero-order chi connectivity index (χ0) is 48.4. The third kappa shape index (κ3) is 14.8. The number of nitrogens with two attached hydrogens (primary N) is 2. The SMILES string of the molecule is CCc1cnn2c(NCc3ccc(OCCOCCOCCOC4CCN(/C(N)=C/C=C(\N)C(=O)N[C@H]5CC[C@H](Oc6ccc(C#N)c(Cl)c6)CC5)CC4)nc3)cc(N3CCCC[C@H]3CCO)nc12. The molecule has 372 valence electrons. The van der Waals surface area contributed by atoms with E-state index < -0.39 is 0 Å². The first-order valence-corrected chi connectivity index (χ1v) is 24.8. The number of carbonyl (C=O) groups excluding carboxylic acids is 1. The second-order valence-electron chi connectivity index (χ2n) is 17.6. The average Bonchev–Trinajstić information content (AvgIpc) is 3.80. The number of aryl methyl sites for hydroxylation is 1. The van der Waals surface area contributed by atoms with Gasteiger partial charge in [0.15, 0.2) is 5.65 Å². The first-order valence-electron chi connectivity index (χ1n) is 24.4. The van der Waals surface area contributed by atoms with Gasteiger partial charge in [0.1, 0.15) is 30.1 Å². The van der Waals surface area contributed by atoms with Crippen molar-refractivity contribution in [2.24, 2.45) is 11.5 Å². The van der Waals surface area contributed by atoms with Crippen molar-refractivity contribution in [1.82, 2.24) is 29.8 Å². The molecule has 1 atom stereocenters. The van der Waals surface area contributed by atoms with E-state index in [9.17, 15) is 9.90 Å². The molecular weight excluding hydrogens is 902 g/mol. The molecule has 7 rings (SSSR count). The van der Waals surface area contributed by atoms with Crippen LogP contribution < -0.4 is 36.5 Å². The number of allylic oxidation sites excluding steroid dienone is 2. The summed E-state index contributed by atoms with van der Waals surface area (Å²) in [6.45, 7) is 7.87. The number of anilines is 2. The summed E-state index contributed by atoms with van der Waals surface area (Å²) in [5.74, 6) is 3.17.